The summed E-state index contributed by atoms with van der Waals surface area (Å²) in [5, 5.41) is 8.39. The Morgan fingerprint density at radius 2 is 1.84 bits per heavy atom. The van der Waals surface area contributed by atoms with Crippen molar-refractivity contribution in [1.29, 1.82) is 0 Å². The average molecular weight is 296 g/mol. The molecule has 0 fully saturated rings. The van der Waals surface area contributed by atoms with Gasteiger partial charge < -0.3 is 5.32 Å². The van der Waals surface area contributed by atoms with Crippen molar-refractivity contribution in [2.45, 2.75) is 32.2 Å². The van der Waals surface area contributed by atoms with Gasteiger partial charge in [0.05, 0.1) is 16.6 Å². The summed E-state index contributed by atoms with van der Waals surface area (Å²) in [5.74, 6) is 0. The Bertz CT molecular complexity index is 543. The summed E-state index contributed by atoms with van der Waals surface area (Å²) in [4.78, 5) is 1.16. The van der Waals surface area contributed by atoms with Crippen LogP contribution in [0.25, 0.3) is 0 Å². The van der Waals surface area contributed by atoms with Crippen LogP contribution in [-0.2, 0) is 5.41 Å². The third-order valence-electron chi connectivity index (χ3n) is 2.98. The molecule has 0 aliphatic rings. The number of hydrogen-bond donors (Lipinski definition) is 1. The fraction of sp³-hybridized carbons (Fsp3) is 0.429. The second-order valence-electron chi connectivity index (χ2n) is 5.51. The van der Waals surface area contributed by atoms with Gasteiger partial charge in [0.25, 0.3) is 0 Å². The van der Waals surface area contributed by atoms with Crippen LogP contribution >= 0.6 is 23.1 Å². The number of nitrogens with zero attached hydrogens (tertiary/aromatic N) is 2. The molecule has 0 radical (unpaired) electrons. The summed E-state index contributed by atoms with van der Waals surface area (Å²) >= 11 is 7.40. The van der Waals surface area contributed by atoms with Gasteiger partial charge in [0.2, 0.25) is 0 Å². The van der Waals surface area contributed by atoms with Gasteiger partial charge in [-0.25, -0.2) is 0 Å². The van der Waals surface area contributed by atoms with Crippen LogP contribution in [0, 0.1) is 0 Å². The van der Waals surface area contributed by atoms with Crippen molar-refractivity contribution in [2.75, 3.05) is 7.05 Å². The third-order valence-corrected chi connectivity index (χ3v) is 4.02. The maximum Gasteiger partial charge on any atom is 0.0860 e. The molecule has 1 atom stereocenters. The molecule has 19 heavy (non-hydrogen) atoms. The number of benzene rings is 1. The molecule has 2 aromatic rings. The second-order valence-corrected chi connectivity index (χ2v) is 6.73. The van der Waals surface area contributed by atoms with E-state index in [9.17, 15) is 0 Å². The Balaban J connectivity index is 2.43. The van der Waals surface area contributed by atoms with Gasteiger partial charge in [0, 0.05) is 10.4 Å². The van der Waals surface area contributed by atoms with E-state index in [4.69, 9.17) is 11.6 Å². The highest BCUT2D eigenvalue weighted by Gasteiger charge is 2.27. The Morgan fingerprint density at radius 3 is 2.37 bits per heavy atom. The first-order valence-corrected chi connectivity index (χ1v) is 7.34. The zero-order valence-corrected chi connectivity index (χ0v) is 13.1. The molecule has 1 unspecified atom stereocenters. The highest BCUT2D eigenvalue weighted by molar-refractivity contribution is 7.05. The zero-order chi connectivity index (χ0) is 14.0. The quantitative estimate of drug-likeness (QED) is 0.936. The van der Waals surface area contributed by atoms with Gasteiger partial charge >= 0.3 is 0 Å². The summed E-state index contributed by atoms with van der Waals surface area (Å²) in [6.45, 7) is 6.46. The molecule has 1 heterocycles. The van der Waals surface area contributed by atoms with Crippen LogP contribution in [0.4, 0.5) is 0 Å². The van der Waals surface area contributed by atoms with E-state index in [2.05, 4.69) is 35.7 Å². The number of nitrogens with one attached hydrogen (secondary N) is 1. The molecule has 0 spiro atoms. The Labute approximate surface area is 123 Å². The zero-order valence-electron chi connectivity index (χ0n) is 11.6. The van der Waals surface area contributed by atoms with Crippen LogP contribution in [0.2, 0.25) is 5.02 Å². The van der Waals surface area contributed by atoms with Crippen molar-refractivity contribution >= 4 is 23.1 Å². The van der Waals surface area contributed by atoms with E-state index in [-0.39, 0.29) is 11.5 Å². The summed E-state index contributed by atoms with van der Waals surface area (Å²) < 4.78 is 4.13. The van der Waals surface area contributed by atoms with Crippen molar-refractivity contribution in [1.82, 2.24) is 14.9 Å². The molecule has 0 amide bonds. The van der Waals surface area contributed by atoms with Gasteiger partial charge in [-0.15, -0.1) is 5.10 Å². The van der Waals surface area contributed by atoms with Gasteiger partial charge in [-0.3, -0.25) is 0 Å². The van der Waals surface area contributed by atoms with Crippen LogP contribution in [0.5, 0.6) is 0 Å². The highest BCUT2D eigenvalue weighted by atomic mass is 35.5. The summed E-state index contributed by atoms with van der Waals surface area (Å²) in [6, 6.07) is 8.00. The fourth-order valence-corrected chi connectivity index (χ4v) is 3.14. The minimum Gasteiger partial charge on any atom is -0.309 e. The fourth-order valence-electron chi connectivity index (χ4n) is 2.01. The molecule has 0 saturated carbocycles. The first-order chi connectivity index (χ1) is 8.93. The van der Waals surface area contributed by atoms with Gasteiger partial charge in [-0.2, -0.15) is 0 Å². The van der Waals surface area contributed by atoms with E-state index in [1.54, 1.807) is 0 Å². The normalized spacial score (nSPS) is 13.5. The summed E-state index contributed by atoms with van der Waals surface area (Å²) in [6.07, 6.45) is 0. The lowest BCUT2D eigenvalue weighted by atomic mass is 9.89. The summed E-state index contributed by atoms with van der Waals surface area (Å²) in [5.41, 5.74) is 2.21. The molecule has 0 aliphatic carbocycles. The van der Waals surface area contributed by atoms with E-state index in [0.29, 0.717) is 0 Å². The summed E-state index contributed by atoms with van der Waals surface area (Å²) in [7, 11) is 1.95. The number of hydrogen-bond acceptors (Lipinski definition) is 4. The third kappa shape index (κ3) is 3.14. The van der Waals surface area contributed by atoms with E-state index in [0.717, 1.165) is 15.6 Å². The molecular formula is C14H18ClN3S. The molecule has 0 aliphatic heterocycles. The van der Waals surface area contributed by atoms with E-state index in [1.807, 2.05) is 31.3 Å². The Morgan fingerprint density at radius 1 is 1.21 bits per heavy atom. The largest absolute Gasteiger partial charge is 0.309 e. The van der Waals surface area contributed by atoms with Crippen LogP contribution in [-0.4, -0.2) is 16.6 Å². The van der Waals surface area contributed by atoms with Crippen LogP contribution in [0.15, 0.2) is 24.3 Å². The number of halogens is 1. The topological polar surface area (TPSA) is 37.8 Å². The van der Waals surface area contributed by atoms with Gasteiger partial charge in [-0.1, -0.05) is 49.0 Å². The molecule has 1 aromatic carbocycles. The van der Waals surface area contributed by atoms with Crippen molar-refractivity contribution in [2.24, 2.45) is 0 Å². The van der Waals surface area contributed by atoms with Crippen molar-refractivity contribution in [3.63, 3.8) is 0 Å². The maximum absolute atomic E-state index is 5.95. The van der Waals surface area contributed by atoms with E-state index < -0.39 is 0 Å². The highest BCUT2D eigenvalue weighted by Crippen LogP contribution is 2.33. The molecule has 1 aromatic heterocycles. The molecule has 102 valence electrons. The molecule has 0 bridgehead atoms. The Hall–Kier alpha value is -0.970. The van der Waals surface area contributed by atoms with Gasteiger partial charge in [-0.05, 0) is 36.3 Å². The lowest BCUT2D eigenvalue weighted by molar-refractivity contribution is 0.549. The van der Waals surface area contributed by atoms with E-state index in [1.165, 1.54) is 17.1 Å². The van der Waals surface area contributed by atoms with Gasteiger partial charge in [0.15, 0.2) is 0 Å². The lowest BCUT2D eigenvalue weighted by Gasteiger charge is -2.21. The molecular weight excluding hydrogens is 278 g/mol. The minimum absolute atomic E-state index is 0.0101. The lowest BCUT2D eigenvalue weighted by Crippen LogP contribution is -2.22. The first-order valence-electron chi connectivity index (χ1n) is 6.19. The minimum atomic E-state index is -0.0101. The van der Waals surface area contributed by atoms with Crippen LogP contribution in [0.1, 0.15) is 42.9 Å². The maximum atomic E-state index is 5.95. The molecule has 1 N–H and O–H groups in total. The van der Waals surface area contributed by atoms with Crippen LogP contribution < -0.4 is 5.32 Å². The number of rotatable bonds is 3. The van der Waals surface area contributed by atoms with E-state index >= 15 is 0 Å². The van der Waals surface area contributed by atoms with Crippen molar-refractivity contribution < 1.29 is 0 Å². The second kappa shape index (κ2) is 5.57. The van der Waals surface area contributed by atoms with Crippen molar-refractivity contribution in [3.05, 3.63) is 45.4 Å². The Kier molecular flexibility index (Phi) is 4.23. The standard InChI is InChI=1S/C14H18ClN3S/c1-14(2,3)13-12(19-18-17-13)11(16-4)9-5-7-10(15)8-6-9/h5-8,11,16H,1-4H3. The smallest absolute Gasteiger partial charge is 0.0860 e. The predicted molar refractivity (Wildman–Crippen MR) is 81.0 cm³/mol. The predicted octanol–water partition coefficient (Wildman–Crippen LogP) is 3.80. The molecule has 2 rings (SSSR count). The first kappa shape index (κ1) is 14.4. The average Bonchev–Trinajstić information content (AvgIpc) is 2.81. The monoisotopic (exact) mass is 295 g/mol. The van der Waals surface area contributed by atoms with Gasteiger partial charge in [0.1, 0.15) is 0 Å². The van der Waals surface area contributed by atoms with Crippen molar-refractivity contribution in [3.8, 4) is 0 Å². The molecule has 5 heteroatoms. The molecule has 0 saturated heterocycles. The molecule has 3 nitrogen and oxygen atoms in total. The van der Waals surface area contributed by atoms with Crippen LogP contribution in [0.3, 0.4) is 0 Å². The number of aromatic nitrogens is 2. The SMILES string of the molecule is CNC(c1ccc(Cl)cc1)c1snnc1C(C)(C)C.